The Kier molecular flexibility index (Phi) is 4.58. The third kappa shape index (κ3) is 3.22. The summed E-state index contributed by atoms with van der Waals surface area (Å²) < 4.78 is 0.606. The summed E-state index contributed by atoms with van der Waals surface area (Å²) in [7, 11) is 0. The number of imide groups is 1. The molecule has 21 heavy (non-hydrogen) atoms. The van der Waals surface area contributed by atoms with E-state index in [9.17, 15) is 14.4 Å². The maximum Gasteiger partial charge on any atom is 0.335 e. The monoisotopic (exact) mass is 402 g/mol. The molecule has 0 fully saturated rings. The standard InChI is InChI=1S/C13H11IN2O5/c14-8-5-7(13(20)21)1-2-9(8)15-10-6-11(18)16(3-4-17)12(10)19/h1-2,5-6,15,17H,3-4H2,(H,20,21). The number of carbonyl (C=O) groups excluding carboxylic acids is 2. The van der Waals surface area contributed by atoms with Gasteiger partial charge in [-0.2, -0.15) is 0 Å². The maximum absolute atomic E-state index is 12.0. The van der Waals surface area contributed by atoms with Crippen molar-refractivity contribution in [2.24, 2.45) is 0 Å². The molecule has 2 amide bonds. The van der Waals surface area contributed by atoms with E-state index in [2.05, 4.69) is 5.32 Å². The highest BCUT2D eigenvalue weighted by atomic mass is 127. The first-order valence-corrected chi connectivity index (χ1v) is 7.00. The molecule has 0 spiro atoms. The van der Waals surface area contributed by atoms with Gasteiger partial charge in [0.1, 0.15) is 5.70 Å². The lowest BCUT2D eigenvalue weighted by molar-refractivity contribution is -0.137. The normalized spacial score (nSPS) is 14.4. The minimum absolute atomic E-state index is 0.0611. The van der Waals surface area contributed by atoms with E-state index in [1.165, 1.54) is 18.2 Å². The second-order valence-corrected chi connectivity index (χ2v) is 5.36. The van der Waals surface area contributed by atoms with Gasteiger partial charge in [0.25, 0.3) is 11.8 Å². The Balaban J connectivity index is 2.20. The van der Waals surface area contributed by atoms with Crippen LogP contribution in [0, 0.1) is 3.57 Å². The van der Waals surface area contributed by atoms with Crippen LogP contribution in [-0.2, 0) is 9.59 Å². The zero-order chi connectivity index (χ0) is 15.6. The number of nitrogens with zero attached hydrogens (tertiary/aromatic N) is 1. The number of aromatic carboxylic acids is 1. The molecule has 3 N–H and O–H groups in total. The first-order chi connectivity index (χ1) is 9.93. The summed E-state index contributed by atoms with van der Waals surface area (Å²) in [6.07, 6.45) is 1.15. The summed E-state index contributed by atoms with van der Waals surface area (Å²) in [4.78, 5) is 35.4. The van der Waals surface area contributed by atoms with Gasteiger partial charge >= 0.3 is 5.97 Å². The number of benzene rings is 1. The molecule has 0 saturated heterocycles. The number of nitrogens with one attached hydrogen (secondary N) is 1. The Morgan fingerprint density at radius 2 is 2.05 bits per heavy atom. The second kappa shape index (κ2) is 6.22. The van der Waals surface area contributed by atoms with Crippen LogP contribution in [0.25, 0.3) is 0 Å². The van der Waals surface area contributed by atoms with Gasteiger partial charge < -0.3 is 15.5 Å². The molecular formula is C13H11IN2O5. The van der Waals surface area contributed by atoms with Crippen LogP contribution in [0.1, 0.15) is 10.4 Å². The molecular weight excluding hydrogens is 391 g/mol. The van der Waals surface area contributed by atoms with E-state index in [1.807, 2.05) is 22.6 Å². The van der Waals surface area contributed by atoms with E-state index >= 15 is 0 Å². The van der Waals surface area contributed by atoms with Crippen LogP contribution in [0.2, 0.25) is 0 Å². The highest BCUT2D eigenvalue weighted by Crippen LogP contribution is 2.23. The first-order valence-electron chi connectivity index (χ1n) is 5.92. The zero-order valence-electron chi connectivity index (χ0n) is 10.7. The summed E-state index contributed by atoms with van der Waals surface area (Å²) in [5.74, 6) is -2.05. The predicted octanol–water partition coefficient (Wildman–Crippen LogP) is 0.646. The fraction of sp³-hybridized carbons (Fsp3) is 0.154. The van der Waals surface area contributed by atoms with Crippen molar-refractivity contribution in [2.75, 3.05) is 18.5 Å². The molecule has 0 unspecified atom stereocenters. The number of carbonyl (C=O) groups is 3. The van der Waals surface area contributed by atoms with Crippen molar-refractivity contribution in [2.45, 2.75) is 0 Å². The van der Waals surface area contributed by atoms with E-state index in [-0.39, 0.29) is 24.4 Å². The van der Waals surface area contributed by atoms with Crippen LogP contribution >= 0.6 is 22.6 Å². The summed E-state index contributed by atoms with van der Waals surface area (Å²) in [5.41, 5.74) is 0.753. The SMILES string of the molecule is O=C(O)c1ccc(NC2=CC(=O)N(CCO)C2=O)c(I)c1. The van der Waals surface area contributed by atoms with Gasteiger partial charge in [0.05, 0.1) is 24.4 Å². The average Bonchev–Trinajstić information content (AvgIpc) is 2.69. The predicted molar refractivity (Wildman–Crippen MR) is 81.6 cm³/mol. The van der Waals surface area contributed by atoms with E-state index in [4.69, 9.17) is 10.2 Å². The van der Waals surface area contributed by atoms with Crippen LogP contribution in [0.3, 0.4) is 0 Å². The third-order valence-electron chi connectivity index (χ3n) is 2.82. The Morgan fingerprint density at radius 1 is 1.33 bits per heavy atom. The van der Waals surface area contributed by atoms with Gasteiger partial charge in [-0.25, -0.2) is 4.79 Å². The molecule has 1 aliphatic heterocycles. The Bertz CT molecular complexity index is 656. The van der Waals surface area contributed by atoms with Gasteiger partial charge in [0.15, 0.2) is 0 Å². The second-order valence-electron chi connectivity index (χ2n) is 4.20. The molecule has 0 saturated carbocycles. The molecule has 0 aromatic heterocycles. The Labute approximate surface area is 133 Å². The molecule has 0 atom stereocenters. The lowest BCUT2D eigenvalue weighted by Crippen LogP contribution is -2.34. The van der Waals surface area contributed by atoms with Crippen molar-refractivity contribution in [1.29, 1.82) is 0 Å². The molecule has 110 valence electrons. The van der Waals surface area contributed by atoms with Crippen molar-refractivity contribution in [3.05, 3.63) is 39.1 Å². The van der Waals surface area contributed by atoms with Crippen LogP contribution < -0.4 is 5.32 Å². The van der Waals surface area contributed by atoms with Gasteiger partial charge in [0, 0.05) is 9.65 Å². The maximum atomic E-state index is 12.0. The highest BCUT2D eigenvalue weighted by molar-refractivity contribution is 14.1. The minimum atomic E-state index is -1.04. The van der Waals surface area contributed by atoms with Gasteiger partial charge in [-0.15, -0.1) is 0 Å². The summed E-state index contributed by atoms with van der Waals surface area (Å²) in [5, 5.41) is 20.5. The molecule has 1 aromatic rings. The minimum Gasteiger partial charge on any atom is -0.478 e. The zero-order valence-corrected chi connectivity index (χ0v) is 12.8. The fourth-order valence-electron chi connectivity index (χ4n) is 1.80. The number of anilines is 1. The van der Waals surface area contributed by atoms with Crippen molar-refractivity contribution >= 4 is 46.1 Å². The largest absolute Gasteiger partial charge is 0.478 e. The number of amides is 2. The number of rotatable bonds is 5. The van der Waals surface area contributed by atoms with Crippen LogP contribution in [0.15, 0.2) is 30.0 Å². The average molecular weight is 402 g/mol. The number of aliphatic hydroxyl groups is 1. The molecule has 8 heteroatoms. The van der Waals surface area contributed by atoms with E-state index in [1.54, 1.807) is 0 Å². The third-order valence-corrected chi connectivity index (χ3v) is 3.71. The van der Waals surface area contributed by atoms with Crippen LogP contribution in [0.5, 0.6) is 0 Å². The summed E-state index contributed by atoms with van der Waals surface area (Å²) in [6, 6.07) is 4.39. The van der Waals surface area contributed by atoms with Crippen molar-refractivity contribution < 1.29 is 24.6 Å². The molecule has 7 nitrogen and oxygen atoms in total. The lowest BCUT2D eigenvalue weighted by atomic mass is 10.2. The molecule has 1 heterocycles. The van der Waals surface area contributed by atoms with Gasteiger partial charge in [0.2, 0.25) is 0 Å². The van der Waals surface area contributed by atoms with Crippen molar-refractivity contribution in [3.63, 3.8) is 0 Å². The highest BCUT2D eigenvalue weighted by Gasteiger charge is 2.30. The van der Waals surface area contributed by atoms with Crippen LogP contribution in [0.4, 0.5) is 5.69 Å². The number of hydrogen-bond donors (Lipinski definition) is 3. The number of carboxylic acids is 1. The number of β-amino-alcohol motifs (C(OH)–C–C–N with tert-alkyl or cyclic N) is 1. The first kappa shape index (κ1) is 15.4. The molecule has 1 aliphatic rings. The van der Waals surface area contributed by atoms with Crippen molar-refractivity contribution in [3.8, 4) is 0 Å². The molecule has 2 rings (SSSR count). The Morgan fingerprint density at radius 3 is 2.62 bits per heavy atom. The van der Waals surface area contributed by atoms with Gasteiger partial charge in [-0.05, 0) is 40.8 Å². The summed E-state index contributed by atoms with van der Waals surface area (Å²) in [6.45, 7) is -0.363. The number of halogens is 1. The summed E-state index contributed by atoms with van der Waals surface area (Å²) >= 11 is 1.94. The molecule has 0 bridgehead atoms. The number of hydrogen-bond acceptors (Lipinski definition) is 5. The lowest BCUT2D eigenvalue weighted by Gasteiger charge is -2.14. The molecule has 0 aliphatic carbocycles. The van der Waals surface area contributed by atoms with E-state index < -0.39 is 17.8 Å². The number of aliphatic hydroxyl groups excluding tert-OH is 1. The van der Waals surface area contributed by atoms with E-state index in [0.29, 0.717) is 9.26 Å². The smallest absolute Gasteiger partial charge is 0.335 e. The van der Waals surface area contributed by atoms with Gasteiger partial charge in [-0.3, -0.25) is 14.5 Å². The topological polar surface area (TPSA) is 107 Å². The van der Waals surface area contributed by atoms with Crippen molar-refractivity contribution in [1.82, 2.24) is 4.90 Å². The quantitative estimate of drug-likeness (QED) is 0.493. The molecule has 0 radical (unpaired) electrons. The van der Waals surface area contributed by atoms with Gasteiger partial charge in [-0.1, -0.05) is 0 Å². The van der Waals surface area contributed by atoms with E-state index in [0.717, 1.165) is 11.0 Å². The fourth-order valence-corrected chi connectivity index (χ4v) is 2.45. The molecule has 1 aromatic carbocycles. The Hall–Kier alpha value is -1.94. The number of carboxylic acid groups (broad SMARTS) is 1. The van der Waals surface area contributed by atoms with Crippen LogP contribution in [-0.4, -0.2) is 46.0 Å².